The third-order valence-electron chi connectivity index (χ3n) is 4.10. The summed E-state index contributed by atoms with van der Waals surface area (Å²) in [5.41, 5.74) is 3.51. The van der Waals surface area contributed by atoms with Crippen LogP contribution in [0, 0.1) is 0 Å². The number of benzene rings is 2. The van der Waals surface area contributed by atoms with Gasteiger partial charge in [-0.3, -0.25) is 4.79 Å². The Morgan fingerprint density at radius 2 is 1.52 bits per heavy atom. The first-order valence-electron chi connectivity index (χ1n) is 8.70. The zero-order valence-corrected chi connectivity index (χ0v) is 16.2. The molecular formula is C21H26O6. The lowest BCUT2D eigenvalue weighted by Gasteiger charge is -2.22. The van der Waals surface area contributed by atoms with Crippen molar-refractivity contribution in [3.05, 3.63) is 47.5 Å². The van der Waals surface area contributed by atoms with Crippen LogP contribution in [0.5, 0.6) is 11.5 Å². The number of carbonyl (C=O) groups is 1. The van der Waals surface area contributed by atoms with E-state index in [0.29, 0.717) is 17.9 Å². The summed E-state index contributed by atoms with van der Waals surface area (Å²) in [6, 6.07) is 11.6. The van der Waals surface area contributed by atoms with E-state index in [0.717, 1.165) is 22.3 Å². The number of hydrogen-bond donors (Lipinski definition) is 0. The summed E-state index contributed by atoms with van der Waals surface area (Å²) < 4.78 is 26.6. The zero-order valence-electron chi connectivity index (χ0n) is 16.2. The van der Waals surface area contributed by atoms with Gasteiger partial charge in [0, 0.05) is 25.8 Å². The predicted molar refractivity (Wildman–Crippen MR) is 102 cm³/mol. The third kappa shape index (κ3) is 5.21. The molecule has 0 aliphatic carbocycles. The van der Waals surface area contributed by atoms with Crippen LogP contribution in [0.1, 0.15) is 18.1 Å². The lowest BCUT2D eigenvalue weighted by atomic mass is 9.90. The van der Waals surface area contributed by atoms with Gasteiger partial charge in [0.2, 0.25) is 0 Å². The number of esters is 1. The van der Waals surface area contributed by atoms with Crippen LogP contribution in [-0.4, -0.2) is 40.9 Å². The fourth-order valence-electron chi connectivity index (χ4n) is 2.93. The summed E-state index contributed by atoms with van der Waals surface area (Å²) >= 11 is 0. The smallest absolute Gasteiger partial charge is 0.310 e. The van der Waals surface area contributed by atoms with Crippen LogP contribution in [0.25, 0.3) is 11.1 Å². The van der Waals surface area contributed by atoms with Gasteiger partial charge >= 0.3 is 5.97 Å². The Balaban J connectivity index is 2.72. The van der Waals surface area contributed by atoms with E-state index in [4.69, 9.17) is 23.7 Å². The second-order valence-corrected chi connectivity index (χ2v) is 5.78. The van der Waals surface area contributed by atoms with Crippen molar-refractivity contribution in [1.82, 2.24) is 0 Å². The molecule has 0 saturated carbocycles. The van der Waals surface area contributed by atoms with Crippen molar-refractivity contribution >= 4 is 5.97 Å². The van der Waals surface area contributed by atoms with E-state index >= 15 is 0 Å². The van der Waals surface area contributed by atoms with Crippen molar-refractivity contribution in [1.29, 1.82) is 0 Å². The summed E-state index contributed by atoms with van der Waals surface area (Å²) in [6.45, 7) is 2.19. The van der Waals surface area contributed by atoms with Crippen LogP contribution in [0.4, 0.5) is 0 Å². The summed E-state index contributed by atoms with van der Waals surface area (Å²) in [5.74, 6) is 0.859. The zero-order chi connectivity index (χ0) is 19.6. The largest absolute Gasteiger partial charge is 0.469 e. The van der Waals surface area contributed by atoms with Crippen LogP contribution in [0.2, 0.25) is 0 Å². The Hall–Kier alpha value is -2.57. The molecule has 0 N–H and O–H groups in total. The van der Waals surface area contributed by atoms with Gasteiger partial charge in [0.25, 0.3) is 0 Å². The second kappa shape index (κ2) is 10.5. The van der Waals surface area contributed by atoms with Gasteiger partial charge in [-0.15, -0.1) is 0 Å². The molecule has 0 spiro atoms. The molecule has 146 valence electrons. The van der Waals surface area contributed by atoms with E-state index in [2.05, 4.69) is 0 Å². The fourth-order valence-corrected chi connectivity index (χ4v) is 2.93. The van der Waals surface area contributed by atoms with Gasteiger partial charge in [0.1, 0.15) is 11.5 Å². The number of rotatable bonds is 10. The van der Waals surface area contributed by atoms with Crippen LogP contribution in [-0.2, 0) is 31.8 Å². The van der Waals surface area contributed by atoms with Crippen molar-refractivity contribution in [3.63, 3.8) is 0 Å². The van der Waals surface area contributed by atoms with E-state index in [-0.39, 0.29) is 26.0 Å². The van der Waals surface area contributed by atoms with Crippen molar-refractivity contribution in [2.45, 2.75) is 19.8 Å². The average molecular weight is 374 g/mol. The average Bonchev–Trinajstić information content (AvgIpc) is 2.70. The molecule has 0 aliphatic heterocycles. The molecule has 0 saturated heterocycles. The topological polar surface area (TPSA) is 63.2 Å². The maximum absolute atomic E-state index is 12.1. The molecule has 0 aromatic heterocycles. The van der Waals surface area contributed by atoms with Gasteiger partial charge in [0.05, 0.1) is 13.5 Å². The molecule has 0 unspecified atom stereocenters. The molecule has 27 heavy (non-hydrogen) atoms. The van der Waals surface area contributed by atoms with E-state index in [1.807, 2.05) is 43.3 Å². The Kier molecular flexibility index (Phi) is 8.10. The Morgan fingerprint density at radius 3 is 2.07 bits per heavy atom. The molecule has 6 nitrogen and oxygen atoms in total. The van der Waals surface area contributed by atoms with Crippen LogP contribution >= 0.6 is 0 Å². The Morgan fingerprint density at radius 1 is 0.889 bits per heavy atom. The van der Waals surface area contributed by atoms with Gasteiger partial charge in [-0.25, -0.2) is 0 Å². The first kappa shape index (κ1) is 20.7. The van der Waals surface area contributed by atoms with Crippen molar-refractivity contribution in [2.75, 3.05) is 34.9 Å². The van der Waals surface area contributed by atoms with Crippen LogP contribution in [0.3, 0.4) is 0 Å². The predicted octanol–water partition coefficient (Wildman–Crippen LogP) is 3.60. The lowest BCUT2D eigenvalue weighted by molar-refractivity contribution is -0.139. The minimum atomic E-state index is -0.330. The normalized spacial score (nSPS) is 10.5. The highest BCUT2D eigenvalue weighted by molar-refractivity contribution is 5.83. The van der Waals surface area contributed by atoms with Crippen molar-refractivity contribution in [2.24, 2.45) is 0 Å². The molecular weight excluding hydrogens is 348 g/mol. The number of methoxy groups -OCH3 is 3. The second-order valence-electron chi connectivity index (χ2n) is 5.78. The molecule has 2 rings (SSSR count). The van der Waals surface area contributed by atoms with E-state index < -0.39 is 0 Å². The van der Waals surface area contributed by atoms with Crippen molar-refractivity contribution < 1.29 is 28.5 Å². The molecule has 0 fully saturated rings. The Labute approximate surface area is 160 Å². The van der Waals surface area contributed by atoms with Gasteiger partial charge < -0.3 is 23.7 Å². The quantitative estimate of drug-likeness (QED) is 0.468. The third-order valence-corrected chi connectivity index (χ3v) is 4.10. The van der Waals surface area contributed by atoms with Crippen molar-refractivity contribution in [3.8, 4) is 22.6 Å². The summed E-state index contributed by atoms with van der Waals surface area (Å²) in [5, 5.41) is 0. The molecule has 0 aliphatic rings. The lowest BCUT2D eigenvalue weighted by Crippen LogP contribution is -2.12. The molecule has 6 heteroatoms. The summed E-state index contributed by atoms with van der Waals surface area (Å²) in [6.07, 6.45) is 0.785. The maximum atomic E-state index is 12.1. The molecule has 0 atom stereocenters. The molecule has 0 radical (unpaired) electrons. The highest BCUT2D eigenvalue weighted by Gasteiger charge is 2.22. The summed E-state index contributed by atoms with van der Waals surface area (Å²) in [4.78, 5) is 12.1. The SMILES string of the molecule is CCc1c(OCOC)cc(OCOC)c(-c2ccccc2)c1CC(=O)OC. The Bertz CT molecular complexity index is 742. The van der Waals surface area contributed by atoms with Gasteiger partial charge in [0.15, 0.2) is 13.6 Å². The fraction of sp³-hybridized carbons (Fsp3) is 0.381. The summed E-state index contributed by atoms with van der Waals surface area (Å²) in [7, 11) is 4.49. The van der Waals surface area contributed by atoms with E-state index in [1.54, 1.807) is 14.2 Å². The van der Waals surface area contributed by atoms with Crippen LogP contribution < -0.4 is 9.47 Å². The number of carbonyl (C=O) groups excluding carboxylic acids is 1. The highest BCUT2D eigenvalue weighted by atomic mass is 16.7. The van der Waals surface area contributed by atoms with Gasteiger partial charge in [-0.05, 0) is 23.1 Å². The van der Waals surface area contributed by atoms with Gasteiger partial charge in [-0.1, -0.05) is 37.3 Å². The molecule has 2 aromatic rings. The first-order valence-corrected chi connectivity index (χ1v) is 8.70. The maximum Gasteiger partial charge on any atom is 0.310 e. The molecule has 0 amide bonds. The highest BCUT2D eigenvalue weighted by Crippen LogP contribution is 2.41. The molecule has 0 heterocycles. The van der Waals surface area contributed by atoms with E-state index in [1.165, 1.54) is 7.11 Å². The molecule has 0 bridgehead atoms. The standard InChI is InChI=1S/C21H26O6/c1-5-16-17(11-20(22)25-4)21(15-9-7-6-8-10-15)19(27-14-24-3)12-18(16)26-13-23-2/h6-10,12H,5,11,13-14H2,1-4H3. The minimum Gasteiger partial charge on any atom is -0.469 e. The molecule has 2 aromatic carbocycles. The van der Waals surface area contributed by atoms with Crippen LogP contribution in [0.15, 0.2) is 36.4 Å². The first-order chi connectivity index (χ1) is 13.2. The van der Waals surface area contributed by atoms with Gasteiger partial charge in [-0.2, -0.15) is 0 Å². The number of ether oxygens (including phenoxy) is 5. The minimum absolute atomic E-state index is 0.0761. The number of hydrogen-bond acceptors (Lipinski definition) is 6. The monoisotopic (exact) mass is 374 g/mol. The van der Waals surface area contributed by atoms with E-state index in [9.17, 15) is 4.79 Å².